The maximum atomic E-state index is 4.08. The lowest BCUT2D eigenvalue weighted by Crippen LogP contribution is -1.89. The van der Waals surface area contributed by atoms with E-state index in [4.69, 9.17) is 0 Å². The predicted molar refractivity (Wildman–Crippen MR) is 191 cm³/mol. The Morgan fingerprint density at radius 1 is 0.571 bits per heavy atom. The van der Waals surface area contributed by atoms with E-state index >= 15 is 0 Å². The van der Waals surface area contributed by atoms with Gasteiger partial charge in [-0.1, -0.05) is 91.5 Å². The summed E-state index contributed by atoms with van der Waals surface area (Å²) in [4.78, 5) is 1.24. The van der Waals surface area contributed by atoms with Crippen LogP contribution in [0.25, 0.3) is 62.6 Å². The Labute approximate surface area is 257 Å². The van der Waals surface area contributed by atoms with Crippen molar-refractivity contribution in [1.29, 1.82) is 0 Å². The highest BCUT2D eigenvalue weighted by atomic mass is 32.1. The van der Waals surface area contributed by atoms with Gasteiger partial charge in [0.05, 0.1) is 0 Å². The summed E-state index contributed by atoms with van der Waals surface area (Å²) in [5.74, 6) is 0. The first kappa shape index (κ1) is 25.7. The highest BCUT2D eigenvalue weighted by molar-refractivity contribution is 7.26. The van der Waals surface area contributed by atoms with Gasteiger partial charge in [0.15, 0.2) is 0 Å². The average Bonchev–Trinajstić information content (AvgIpc) is 3.69. The van der Waals surface area contributed by atoms with Crippen LogP contribution in [-0.2, 0) is 12.8 Å². The third-order valence-corrected chi connectivity index (χ3v) is 12.0. The van der Waals surface area contributed by atoms with Crippen LogP contribution in [0.15, 0.2) is 110 Å². The molecule has 0 fully saturated rings. The van der Waals surface area contributed by atoms with Gasteiger partial charge in [0, 0.05) is 55.3 Å². The van der Waals surface area contributed by atoms with Crippen LogP contribution in [-0.4, -0.2) is 0 Å². The normalized spacial score (nSPS) is 12.1. The Morgan fingerprint density at radius 3 is 1.83 bits per heavy atom. The molecule has 0 unspecified atom stereocenters. The van der Waals surface area contributed by atoms with E-state index in [2.05, 4.69) is 123 Å². The van der Waals surface area contributed by atoms with Crippen molar-refractivity contribution in [2.75, 3.05) is 0 Å². The van der Waals surface area contributed by atoms with E-state index in [0.29, 0.717) is 0 Å². The monoisotopic (exact) mass is 592 g/mol. The maximum absolute atomic E-state index is 4.08. The Kier molecular flexibility index (Phi) is 6.33. The molecule has 0 amide bonds. The molecule has 5 aromatic carbocycles. The van der Waals surface area contributed by atoms with Crippen molar-refractivity contribution in [3.63, 3.8) is 0 Å². The van der Waals surface area contributed by atoms with Crippen LogP contribution in [0, 0.1) is 0 Å². The minimum Gasteiger partial charge on any atom is -0.135 e. The smallest absolute Gasteiger partial charge is 0.0390 e. The summed E-state index contributed by atoms with van der Waals surface area (Å²) >= 11 is 5.67. The van der Waals surface area contributed by atoms with E-state index < -0.39 is 0 Å². The fourth-order valence-corrected chi connectivity index (χ4v) is 9.75. The van der Waals surface area contributed by atoms with Crippen molar-refractivity contribution in [2.45, 2.75) is 19.8 Å². The highest BCUT2D eigenvalue weighted by Crippen LogP contribution is 2.40. The molecule has 0 N–H and O–H groups in total. The van der Waals surface area contributed by atoms with Gasteiger partial charge in [0.1, 0.15) is 0 Å². The third kappa shape index (κ3) is 4.23. The second kappa shape index (κ2) is 10.4. The van der Waals surface area contributed by atoms with Gasteiger partial charge in [-0.25, -0.2) is 0 Å². The molecule has 3 aromatic heterocycles. The second-order valence-electron chi connectivity index (χ2n) is 10.9. The molecular weight excluding hydrogens is 565 g/mol. The summed E-state index contributed by atoms with van der Waals surface area (Å²) in [7, 11) is 0. The van der Waals surface area contributed by atoms with Crippen molar-refractivity contribution in [2.24, 2.45) is 0 Å². The van der Waals surface area contributed by atoms with Gasteiger partial charge in [-0.3, -0.25) is 0 Å². The van der Waals surface area contributed by atoms with Gasteiger partial charge in [0.25, 0.3) is 0 Å². The summed E-state index contributed by atoms with van der Waals surface area (Å²) in [6.07, 6.45) is 8.18. The fourth-order valence-electron chi connectivity index (χ4n) is 6.32. The first-order valence-corrected chi connectivity index (χ1v) is 16.8. The molecule has 3 heterocycles. The lowest BCUT2D eigenvalue weighted by molar-refractivity contribution is 1.23. The quantitative estimate of drug-likeness (QED) is 0.180. The Hall–Kier alpha value is -4.02. The number of benzene rings is 5. The van der Waals surface area contributed by atoms with Crippen molar-refractivity contribution < 1.29 is 0 Å². The van der Waals surface area contributed by atoms with E-state index in [1.807, 2.05) is 40.1 Å². The van der Waals surface area contributed by atoms with Crippen LogP contribution < -0.4 is 0 Å². The van der Waals surface area contributed by atoms with Gasteiger partial charge in [-0.05, 0) is 77.9 Å². The number of rotatable bonds is 6. The van der Waals surface area contributed by atoms with E-state index in [9.17, 15) is 0 Å². The van der Waals surface area contributed by atoms with Crippen LogP contribution in [0.2, 0.25) is 0 Å². The summed E-state index contributed by atoms with van der Waals surface area (Å²) in [6, 6.07) is 36.4. The molecule has 0 nitrogen and oxygen atoms in total. The molecule has 0 aliphatic rings. The van der Waals surface area contributed by atoms with Gasteiger partial charge in [-0.2, -0.15) is 0 Å². The first-order valence-electron chi connectivity index (χ1n) is 14.3. The fraction of sp³-hybridized carbons (Fsp3) is 0.0769. The molecule has 3 heteroatoms. The van der Waals surface area contributed by atoms with Crippen LogP contribution in [0.5, 0.6) is 0 Å². The molecule has 0 aliphatic carbocycles. The second-order valence-corrected chi connectivity index (χ2v) is 14.1. The minimum atomic E-state index is 0.921. The third-order valence-electron chi connectivity index (χ3n) is 8.26. The lowest BCUT2D eigenvalue weighted by atomic mass is 9.98. The largest absolute Gasteiger partial charge is 0.135 e. The van der Waals surface area contributed by atoms with Gasteiger partial charge >= 0.3 is 0 Å². The number of fused-ring (bicyclic) bond motifs is 7. The maximum Gasteiger partial charge on any atom is 0.0390 e. The Bertz CT molecular complexity index is 2340. The molecule has 42 heavy (non-hydrogen) atoms. The number of allylic oxidation sites excluding steroid dienone is 1. The lowest BCUT2D eigenvalue weighted by Gasteiger charge is -2.06. The SMILES string of the molecule is C=Cc1sc2c(Cc3ccc4sc5ccc(Cc6cccc7c6sc6ccccc67)cc5c4c3)cccc2c1/C=C\C. The molecule has 0 aliphatic heterocycles. The average molecular weight is 593 g/mol. The molecule has 0 saturated heterocycles. The molecule has 0 spiro atoms. The predicted octanol–water partition coefficient (Wildman–Crippen LogP) is 12.5. The molecule has 8 aromatic rings. The standard InChI is InChI=1S/C39H28S3/c1-3-9-28-30-13-7-10-26(38(30)41-34(28)4-2)20-24-16-18-36-32(22-24)33-23-25(17-19-37(33)40-36)21-27-11-8-14-31-29-12-5-6-15-35(29)42-39(27)31/h3-19,22-23H,2,20-21H2,1H3/b9-3-. The number of thiophene rings is 3. The molecule has 0 radical (unpaired) electrons. The molecule has 0 saturated carbocycles. The Balaban J connectivity index is 1.18. The molecule has 0 bridgehead atoms. The van der Waals surface area contributed by atoms with Crippen molar-refractivity contribution in [3.8, 4) is 0 Å². The summed E-state index contributed by atoms with van der Waals surface area (Å²) < 4.78 is 6.86. The molecule has 0 atom stereocenters. The van der Waals surface area contributed by atoms with Crippen LogP contribution in [0.1, 0.15) is 39.6 Å². The van der Waals surface area contributed by atoms with Crippen LogP contribution in [0.3, 0.4) is 0 Å². The number of hydrogen-bond acceptors (Lipinski definition) is 3. The zero-order chi connectivity index (χ0) is 28.2. The van der Waals surface area contributed by atoms with E-state index in [1.165, 1.54) is 83.1 Å². The summed E-state index contributed by atoms with van der Waals surface area (Å²) in [5, 5.41) is 6.80. The molecule has 202 valence electrons. The number of hydrogen-bond donors (Lipinski definition) is 0. The van der Waals surface area contributed by atoms with Crippen molar-refractivity contribution in [3.05, 3.63) is 142 Å². The zero-order valence-corrected chi connectivity index (χ0v) is 25.8. The first-order chi connectivity index (χ1) is 20.7. The summed E-state index contributed by atoms with van der Waals surface area (Å²) in [5.41, 5.74) is 6.80. The molecular formula is C39H28S3. The van der Waals surface area contributed by atoms with E-state index in [1.54, 1.807) is 0 Å². The topological polar surface area (TPSA) is 0 Å². The minimum absolute atomic E-state index is 0.921. The van der Waals surface area contributed by atoms with Crippen molar-refractivity contribution in [1.82, 2.24) is 0 Å². The van der Waals surface area contributed by atoms with E-state index in [0.717, 1.165) is 12.8 Å². The Morgan fingerprint density at radius 2 is 1.17 bits per heavy atom. The van der Waals surface area contributed by atoms with Crippen molar-refractivity contribution >= 4 is 96.6 Å². The van der Waals surface area contributed by atoms with Gasteiger partial charge < -0.3 is 0 Å². The molecule has 8 rings (SSSR count). The van der Waals surface area contributed by atoms with Crippen LogP contribution >= 0.6 is 34.0 Å². The van der Waals surface area contributed by atoms with Gasteiger partial charge in [-0.15, -0.1) is 34.0 Å². The van der Waals surface area contributed by atoms with Crippen LogP contribution in [0.4, 0.5) is 0 Å². The zero-order valence-electron chi connectivity index (χ0n) is 23.3. The highest BCUT2D eigenvalue weighted by Gasteiger charge is 2.14. The van der Waals surface area contributed by atoms with E-state index in [-0.39, 0.29) is 0 Å². The summed E-state index contributed by atoms with van der Waals surface area (Å²) in [6.45, 7) is 6.16. The van der Waals surface area contributed by atoms with Gasteiger partial charge in [0.2, 0.25) is 0 Å².